The zero-order valence-electron chi connectivity index (χ0n) is 11.6. The lowest BCUT2D eigenvalue weighted by Gasteiger charge is -2.23. The lowest BCUT2D eigenvalue weighted by atomic mass is 9.87. The zero-order chi connectivity index (χ0) is 13.1. The van der Waals surface area contributed by atoms with E-state index < -0.39 is 0 Å². The number of benzene rings is 1. The van der Waals surface area contributed by atoms with Crippen molar-refractivity contribution in [2.45, 2.75) is 46.6 Å². The lowest BCUT2D eigenvalue weighted by Crippen LogP contribution is -2.19. The van der Waals surface area contributed by atoms with Crippen LogP contribution in [0.25, 0.3) is 0 Å². The van der Waals surface area contributed by atoms with Crippen LogP contribution in [0.5, 0.6) is 0 Å². The zero-order valence-corrected chi connectivity index (χ0v) is 13.2. The molecule has 0 amide bonds. The van der Waals surface area contributed by atoms with Gasteiger partial charge in [-0.3, -0.25) is 0 Å². The summed E-state index contributed by atoms with van der Waals surface area (Å²) in [6.07, 6.45) is 2.41. The number of hydrogen-bond acceptors (Lipinski definition) is 1. The van der Waals surface area contributed by atoms with E-state index in [0.717, 1.165) is 0 Å². The fourth-order valence-electron chi connectivity index (χ4n) is 1.94. The monoisotopic (exact) mass is 297 g/mol. The number of aryl methyl sites for hydroxylation is 1. The summed E-state index contributed by atoms with van der Waals surface area (Å²) < 4.78 is 1.19. The molecule has 0 saturated heterocycles. The minimum atomic E-state index is 0.402. The number of hydrogen-bond donors (Lipinski definition) is 1. The smallest absolute Gasteiger partial charge is 0.0317 e. The summed E-state index contributed by atoms with van der Waals surface area (Å²) in [5.41, 5.74) is 3.09. The lowest BCUT2D eigenvalue weighted by molar-refractivity contribution is 0.338. The minimum Gasteiger partial charge on any atom is -0.313 e. The molecule has 0 spiro atoms. The van der Waals surface area contributed by atoms with Crippen LogP contribution < -0.4 is 5.32 Å². The average Bonchev–Trinajstić information content (AvgIpc) is 2.22. The topological polar surface area (TPSA) is 12.0 Å². The van der Waals surface area contributed by atoms with Gasteiger partial charge in [0.2, 0.25) is 0 Å². The maximum absolute atomic E-state index is 3.55. The largest absolute Gasteiger partial charge is 0.313 e. The second kappa shape index (κ2) is 6.01. The summed E-state index contributed by atoms with van der Waals surface area (Å²) in [5, 5.41) is 3.42. The van der Waals surface area contributed by atoms with E-state index in [0.29, 0.717) is 11.5 Å². The molecule has 0 saturated carbocycles. The highest BCUT2D eigenvalue weighted by Gasteiger charge is 2.15. The molecule has 96 valence electrons. The van der Waals surface area contributed by atoms with Crippen LogP contribution in [-0.4, -0.2) is 7.05 Å². The maximum atomic E-state index is 3.55. The van der Waals surface area contributed by atoms with Crippen molar-refractivity contribution >= 4 is 15.9 Å². The van der Waals surface area contributed by atoms with Crippen LogP contribution in [0.15, 0.2) is 22.7 Å². The normalized spacial score (nSPS) is 13.8. The predicted octanol–water partition coefficient (Wildman–Crippen LogP) is 4.84. The number of rotatable bonds is 4. The van der Waals surface area contributed by atoms with E-state index >= 15 is 0 Å². The second-order valence-corrected chi connectivity index (χ2v) is 6.80. The minimum absolute atomic E-state index is 0.402. The molecular formula is C15H24BrN. The van der Waals surface area contributed by atoms with E-state index in [-0.39, 0.29) is 0 Å². The van der Waals surface area contributed by atoms with Crippen molar-refractivity contribution in [3.63, 3.8) is 0 Å². The highest BCUT2D eigenvalue weighted by Crippen LogP contribution is 2.28. The first-order chi connectivity index (χ1) is 7.83. The fraction of sp³-hybridized carbons (Fsp3) is 0.600. The van der Waals surface area contributed by atoms with Gasteiger partial charge >= 0.3 is 0 Å². The molecule has 1 nitrogen and oxygen atoms in total. The number of nitrogens with one attached hydrogen (secondary N) is 1. The van der Waals surface area contributed by atoms with Crippen LogP contribution in [0, 0.1) is 12.3 Å². The van der Waals surface area contributed by atoms with Gasteiger partial charge in [-0.25, -0.2) is 0 Å². The Kier molecular flexibility index (Phi) is 5.21. The van der Waals surface area contributed by atoms with Crippen LogP contribution in [0.4, 0.5) is 0 Å². The summed E-state index contributed by atoms with van der Waals surface area (Å²) in [6.45, 7) is 9.04. The first kappa shape index (κ1) is 14.7. The summed E-state index contributed by atoms with van der Waals surface area (Å²) in [4.78, 5) is 0. The van der Waals surface area contributed by atoms with Crippen molar-refractivity contribution in [1.29, 1.82) is 0 Å². The highest BCUT2D eigenvalue weighted by molar-refractivity contribution is 9.10. The molecule has 17 heavy (non-hydrogen) atoms. The third-order valence-corrected chi connectivity index (χ3v) is 4.01. The van der Waals surface area contributed by atoms with Crippen LogP contribution >= 0.6 is 15.9 Å². The molecule has 0 bridgehead atoms. The Morgan fingerprint density at radius 1 is 1.29 bits per heavy atom. The molecule has 0 aliphatic carbocycles. The third-order valence-electron chi connectivity index (χ3n) is 3.12. The van der Waals surface area contributed by atoms with Gasteiger partial charge in [-0.15, -0.1) is 0 Å². The van der Waals surface area contributed by atoms with Gasteiger partial charge in [-0.1, -0.05) is 48.8 Å². The van der Waals surface area contributed by atoms with E-state index in [2.05, 4.69) is 67.1 Å². The predicted molar refractivity (Wildman–Crippen MR) is 79.4 cm³/mol. The van der Waals surface area contributed by atoms with Gasteiger partial charge in [0.15, 0.2) is 0 Å². The maximum Gasteiger partial charge on any atom is 0.0317 e. The summed E-state index contributed by atoms with van der Waals surface area (Å²) >= 11 is 3.55. The molecule has 0 radical (unpaired) electrons. The first-order valence-electron chi connectivity index (χ1n) is 6.27. The standard InChI is InChI=1S/C15H24BrN/c1-11-10-12(6-7-13(11)16)14(17-5)8-9-15(2,3)4/h6-7,10,14,17H,8-9H2,1-5H3. The molecule has 1 atom stereocenters. The van der Waals surface area contributed by atoms with Crippen molar-refractivity contribution in [3.05, 3.63) is 33.8 Å². The van der Waals surface area contributed by atoms with Crippen molar-refractivity contribution in [2.24, 2.45) is 5.41 Å². The van der Waals surface area contributed by atoms with Gasteiger partial charge in [0.25, 0.3) is 0 Å². The van der Waals surface area contributed by atoms with E-state index in [1.54, 1.807) is 0 Å². The third kappa shape index (κ3) is 4.81. The van der Waals surface area contributed by atoms with Crippen LogP contribution in [-0.2, 0) is 0 Å². The van der Waals surface area contributed by atoms with Crippen LogP contribution in [0.3, 0.4) is 0 Å². The Balaban J connectivity index is 2.76. The van der Waals surface area contributed by atoms with Gasteiger partial charge in [-0.2, -0.15) is 0 Å². The van der Waals surface area contributed by atoms with Gasteiger partial charge in [-0.05, 0) is 49.4 Å². The summed E-state index contributed by atoms with van der Waals surface area (Å²) in [7, 11) is 2.05. The van der Waals surface area contributed by atoms with E-state index in [4.69, 9.17) is 0 Å². The summed E-state index contributed by atoms with van der Waals surface area (Å²) in [6, 6.07) is 7.09. The molecule has 1 N–H and O–H groups in total. The van der Waals surface area contributed by atoms with Crippen molar-refractivity contribution in [1.82, 2.24) is 5.32 Å². The van der Waals surface area contributed by atoms with Gasteiger partial charge in [0.05, 0.1) is 0 Å². The molecule has 1 aromatic carbocycles. The van der Waals surface area contributed by atoms with E-state index in [1.807, 2.05) is 7.05 Å². The molecule has 0 aliphatic heterocycles. The Bertz CT molecular complexity index is 366. The highest BCUT2D eigenvalue weighted by atomic mass is 79.9. The molecular weight excluding hydrogens is 274 g/mol. The van der Waals surface area contributed by atoms with E-state index in [9.17, 15) is 0 Å². The number of halogens is 1. The molecule has 0 fully saturated rings. The quantitative estimate of drug-likeness (QED) is 0.838. The van der Waals surface area contributed by atoms with E-state index in [1.165, 1.54) is 28.4 Å². The SMILES string of the molecule is CNC(CCC(C)(C)C)c1ccc(Br)c(C)c1. The average molecular weight is 298 g/mol. The Labute approximate surface area is 114 Å². The molecule has 0 heterocycles. The molecule has 1 rings (SSSR count). The van der Waals surface area contributed by atoms with Gasteiger partial charge in [0, 0.05) is 10.5 Å². The van der Waals surface area contributed by atoms with Gasteiger partial charge < -0.3 is 5.32 Å². The molecule has 0 aliphatic rings. The molecule has 2 heteroatoms. The second-order valence-electron chi connectivity index (χ2n) is 5.95. The van der Waals surface area contributed by atoms with Crippen molar-refractivity contribution in [2.75, 3.05) is 7.05 Å². The molecule has 1 aromatic rings. The van der Waals surface area contributed by atoms with Crippen molar-refractivity contribution in [3.8, 4) is 0 Å². The van der Waals surface area contributed by atoms with Crippen LogP contribution in [0.2, 0.25) is 0 Å². The Morgan fingerprint density at radius 2 is 1.94 bits per heavy atom. The molecule has 1 unspecified atom stereocenters. The summed E-state index contributed by atoms with van der Waals surface area (Å²) in [5.74, 6) is 0. The van der Waals surface area contributed by atoms with Gasteiger partial charge in [0.1, 0.15) is 0 Å². The van der Waals surface area contributed by atoms with Crippen LogP contribution in [0.1, 0.15) is 50.8 Å². The Morgan fingerprint density at radius 3 is 2.41 bits per heavy atom. The molecule has 0 aromatic heterocycles. The first-order valence-corrected chi connectivity index (χ1v) is 7.06. The fourth-order valence-corrected chi connectivity index (χ4v) is 2.19. The Hall–Kier alpha value is -0.340. The van der Waals surface area contributed by atoms with Crippen molar-refractivity contribution < 1.29 is 0 Å².